The van der Waals surface area contributed by atoms with Crippen molar-refractivity contribution in [1.29, 1.82) is 0 Å². The topological polar surface area (TPSA) is 28.4 Å². The summed E-state index contributed by atoms with van der Waals surface area (Å²) in [6.45, 7) is 14.9. The van der Waals surface area contributed by atoms with Gasteiger partial charge in [0.1, 0.15) is 11.5 Å². The smallest absolute Gasteiger partial charge is 0.105 e. The minimum atomic E-state index is 0.504. The van der Waals surface area contributed by atoms with Gasteiger partial charge in [0.2, 0.25) is 0 Å². The lowest BCUT2D eigenvalue weighted by Gasteiger charge is -2.23. The van der Waals surface area contributed by atoms with Crippen LogP contribution in [-0.2, 0) is 6.54 Å². The van der Waals surface area contributed by atoms with Crippen LogP contribution in [0.15, 0.2) is 10.5 Å². The fourth-order valence-electron chi connectivity index (χ4n) is 2.08. The quantitative estimate of drug-likeness (QED) is 0.791. The second-order valence-electron chi connectivity index (χ2n) is 4.71. The summed E-state index contributed by atoms with van der Waals surface area (Å²) in [5.74, 6) is 2.03. The van der Waals surface area contributed by atoms with Gasteiger partial charge in [0.15, 0.2) is 0 Å². The molecule has 98 valence electrons. The number of aryl methyl sites for hydroxylation is 2. The third-order valence-electron chi connectivity index (χ3n) is 3.21. The van der Waals surface area contributed by atoms with Crippen molar-refractivity contribution in [3.05, 3.63) is 23.2 Å². The standard InChI is InChI=1S/C14H26N2O/c1-6-16(7-2)10-11(3)15-9-14-8-12(4)17-13(14)5/h8,11,15H,6-7,9-10H2,1-5H3. The van der Waals surface area contributed by atoms with Gasteiger partial charge < -0.3 is 14.6 Å². The number of hydrogen-bond acceptors (Lipinski definition) is 3. The van der Waals surface area contributed by atoms with Crippen LogP contribution in [0, 0.1) is 13.8 Å². The molecule has 0 amide bonds. The number of likely N-dealkylation sites (N-methyl/N-ethyl adjacent to an activating group) is 1. The second-order valence-corrected chi connectivity index (χ2v) is 4.71. The van der Waals surface area contributed by atoms with Crippen molar-refractivity contribution >= 4 is 0 Å². The van der Waals surface area contributed by atoms with Gasteiger partial charge in [-0.3, -0.25) is 0 Å². The number of rotatable bonds is 7. The van der Waals surface area contributed by atoms with E-state index < -0.39 is 0 Å². The maximum absolute atomic E-state index is 5.52. The molecule has 1 atom stereocenters. The molecule has 0 saturated carbocycles. The molecule has 1 rings (SSSR count). The SMILES string of the molecule is CCN(CC)CC(C)NCc1cc(C)oc1C. The van der Waals surface area contributed by atoms with Crippen molar-refractivity contribution in [1.82, 2.24) is 10.2 Å². The lowest BCUT2D eigenvalue weighted by molar-refractivity contribution is 0.270. The maximum Gasteiger partial charge on any atom is 0.105 e. The van der Waals surface area contributed by atoms with Crippen LogP contribution in [0.3, 0.4) is 0 Å². The molecule has 1 aromatic rings. The van der Waals surface area contributed by atoms with E-state index >= 15 is 0 Å². The highest BCUT2D eigenvalue weighted by atomic mass is 16.3. The molecule has 3 heteroatoms. The number of furan rings is 1. The molecule has 0 bridgehead atoms. The molecule has 0 fully saturated rings. The zero-order valence-electron chi connectivity index (χ0n) is 11.8. The lowest BCUT2D eigenvalue weighted by atomic mass is 10.2. The molecule has 0 aliphatic heterocycles. The van der Waals surface area contributed by atoms with E-state index in [1.807, 2.05) is 13.8 Å². The largest absolute Gasteiger partial charge is 0.466 e. The number of nitrogens with one attached hydrogen (secondary N) is 1. The van der Waals surface area contributed by atoms with Gasteiger partial charge in [-0.15, -0.1) is 0 Å². The zero-order chi connectivity index (χ0) is 12.8. The molecule has 1 aromatic heterocycles. The van der Waals surface area contributed by atoms with E-state index in [0.717, 1.165) is 37.7 Å². The van der Waals surface area contributed by atoms with Gasteiger partial charge in [0.05, 0.1) is 0 Å². The molecule has 1 N–H and O–H groups in total. The minimum absolute atomic E-state index is 0.504. The molecule has 3 nitrogen and oxygen atoms in total. The van der Waals surface area contributed by atoms with Crippen molar-refractivity contribution in [3.8, 4) is 0 Å². The van der Waals surface area contributed by atoms with Crippen LogP contribution in [0.4, 0.5) is 0 Å². The van der Waals surface area contributed by atoms with Crippen LogP contribution in [0.1, 0.15) is 37.9 Å². The van der Waals surface area contributed by atoms with E-state index in [0.29, 0.717) is 6.04 Å². The summed E-state index contributed by atoms with van der Waals surface area (Å²) in [6, 6.07) is 2.62. The van der Waals surface area contributed by atoms with Crippen LogP contribution >= 0.6 is 0 Å². The van der Waals surface area contributed by atoms with Gasteiger partial charge in [-0.25, -0.2) is 0 Å². The molecular formula is C14H26N2O. The molecule has 17 heavy (non-hydrogen) atoms. The van der Waals surface area contributed by atoms with Crippen LogP contribution < -0.4 is 5.32 Å². The Morgan fingerprint density at radius 1 is 1.29 bits per heavy atom. The summed E-state index contributed by atoms with van der Waals surface area (Å²) in [5, 5.41) is 3.55. The van der Waals surface area contributed by atoms with Crippen molar-refractivity contribution < 1.29 is 4.42 Å². The average Bonchev–Trinajstić information content (AvgIpc) is 2.62. The summed E-state index contributed by atoms with van der Waals surface area (Å²) in [4.78, 5) is 2.44. The lowest BCUT2D eigenvalue weighted by Crippen LogP contribution is -2.38. The van der Waals surface area contributed by atoms with E-state index in [1.54, 1.807) is 0 Å². The highest BCUT2D eigenvalue weighted by Crippen LogP contribution is 2.13. The summed E-state index contributed by atoms with van der Waals surface area (Å²) in [5.41, 5.74) is 1.27. The normalized spacial score (nSPS) is 13.3. The molecule has 1 heterocycles. The van der Waals surface area contributed by atoms with Gasteiger partial charge >= 0.3 is 0 Å². The number of hydrogen-bond donors (Lipinski definition) is 1. The van der Waals surface area contributed by atoms with Gasteiger partial charge in [-0.2, -0.15) is 0 Å². The Hall–Kier alpha value is -0.800. The minimum Gasteiger partial charge on any atom is -0.466 e. The van der Waals surface area contributed by atoms with Crippen molar-refractivity contribution in [2.75, 3.05) is 19.6 Å². The zero-order valence-corrected chi connectivity index (χ0v) is 11.8. The molecule has 0 aromatic carbocycles. The Morgan fingerprint density at radius 2 is 1.94 bits per heavy atom. The molecule has 0 spiro atoms. The van der Waals surface area contributed by atoms with E-state index in [4.69, 9.17) is 4.42 Å². The average molecular weight is 238 g/mol. The summed E-state index contributed by atoms with van der Waals surface area (Å²) in [7, 11) is 0. The summed E-state index contributed by atoms with van der Waals surface area (Å²) < 4.78 is 5.52. The Balaban J connectivity index is 2.37. The van der Waals surface area contributed by atoms with Crippen LogP contribution in [0.2, 0.25) is 0 Å². The fourth-order valence-corrected chi connectivity index (χ4v) is 2.08. The van der Waals surface area contributed by atoms with E-state index in [9.17, 15) is 0 Å². The van der Waals surface area contributed by atoms with Crippen molar-refractivity contribution in [2.45, 2.75) is 47.2 Å². The molecule has 1 unspecified atom stereocenters. The fraction of sp³-hybridized carbons (Fsp3) is 0.714. The predicted octanol–water partition coefficient (Wildman–Crippen LogP) is 2.72. The Bertz CT molecular complexity index is 329. The molecule has 0 aliphatic rings. The van der Waals surface area contributed by atoms with Gasteiger partial charge in [0, 0.05) is 24.7 Å². The Labute approximate surface area is 105 Å². The third kappa shape index (κ3) is 4.52. The first-order chi connectivity index (χ1) is 8.06. The summed E-state index contributed by atoms with van der Waals surface area (Å²) >= 11 is 0. The van der Waals surface area contributed by atoms with Gasteiger partial charge in [-0.1, -0.05) is 13.8 Å². The van der Waals surface area contributed by atoms with Crippen molar-refractivity contribution in [3.63, 3.8) is 0 Å². The Morgan fingerprint density at radius 3 is 2.41 bits per heavy atom. The van der Waals surface area contributed by atoms with Gasteiger partial charge in [-0.05, 0) is 39.9 Å². The van der Waals surface area contributed by atoms with Crippen molar-refractivity contribution in [2.24, 2.45) is 0 Å². The first kappa shape index (κ1) is 14.3. The first-order valence-electron chi connectivity index (χ1n) is 6.58. The van der Waals surface area contributed by atoms with Gasteiger partial charge in [0.25, 0.3) is 0 Å². The molecule has 0 aliphatic carbocycles. The monoisotopic (exact) mass is 238 g/mol. The Kier molecular flexibility index (Phi) is 5.72. The third-order valence-corrected chi connectivity index (χ3v) is 3.21. The number of nitrogens with zero attached hydrogens (tertiary/aromatic N) is 1. The summed E-state index contributed by atoms with van der Waals surface area (Å²) in [6.07, 6.45) is 0. The van der Waals surface area contributed by atoms with E-state index in [2.05, 4.69) is 37.1 Å². The predicted molar refractivity (Wildman–Crippen MR) is 72.3 cm³/mol. The molecule has 0 saturated heterocycles. The van der Waals surface area contributed by atoms with E-state index in [-0.39, 0.29) is 0 Å². The van der Waals surface area contributed by atoms with Crippen LogP contribution in [-0.4, -0.2) is 30.6 Å². The van der Waals surface area contributed by atoms with Crippen LogP contribution in [0.25, 0.3) is 0 Å². The molecular weight excluding hydrogens is 212 g/mol. The maximum atomic E-state index is 5.52. The van der Waals surface area contributed by atoms with E-state index in [1.165, 1.54) is 5.56 Å². The highest BCUT2D eigenvalue weighted by Gasteiger charge is 2.09. The second kappa shape index (κ2) is 6.82. The molecule has 0 radical (unpaired) electrons. The van der Waals surface area contributed by atoms with Crippen LogP contribution in [0.5, 0.6) is 0 Å². The highest BCUT2D eigenvalue weighted by molar-refractivity contribution is 5.19. The first-order valence-corrected chi connectivity index (χ1v) is 6.58.